The molecule has 0 aliphatic carbocycles. The van der Waals surface area contributed by atoms with Gasteiger partial charge in [-0.1, -0.05) is 6.92 Å². The molecule has 2 rings (SSSR count). The van der Waals surface area contributed by atoms with Crippen LogP contribution in [0.2, 0.25) is 0 Å². The molecular formula is C18H23N3O4. The van der Waals surface area contributed by atoms with Crippen LogP contribution in [-0.2, 0) is 17.8 Å². The number of hydrogen-bond donors (Lipinski definition) is 1. The minimum Gasteiger partial charge on any atom is -0.494 e. The smallest absolute Gasteiger partial charge is 0.258 e. The number of benzene rings is 1. The second-order valence-corrected chi connectivity index (χ2v) is 5.31. The van der Waals surface area contributed by atoms with Crippen LogP contribution in [0.15, 0.2) is 41.5 Å². The predicted octanol–water partition coefficient (Wildman–Crippen LogP) is 1.40. The maximum absolute atomic E-state index is 11.8. The van der Waals surface area contributed by atoms with Crippen LogP contribution >= 0.6 is 0 Å². The number of amides is 1. The molecule has 0 bridgehead atoms. The third-order valence-electron chi connectivity index (χ3n) is 3.48. The van der Waals surface area contributed by atoms with Gasteiger partial charge in [0.15, 0.2) is 6.61 Å². The number of ether oxygens (including phenoxy) is 2. The van der Waals surface area contributed by atoms with Crippen LogP contribution in [0.4, 0.5) is 0 Å². The van der Waals surface area contributed by atoms with Crippen LogP contribution in [0.5, 0.6) is 11.5 Å². The molecule has 134 valence electrons. The third-order valence-corrected chi connectivity index (χ3v) is 3.48. The van der Waals surface area contributed by atoms with Crippen molar-refractivity contribution < 1.29 is 14.3 Å². The Labute approximate surface area is 146 Å². The van der Waals surface area contributed by atoms with E-state index in [1.165, 1.54) is 17.0 Å². The lowest BCUT2D eigenvalue weighted by atomic mass is 10.3. The van der Waals surface area contributed by atoms with Crippen molar-refractivity contribution in [2.24, 2.45) is 0 Å². The Kier molecular flexibility index (Phi) is 7.00. The molecule has 0 radical (unpaired) electrons. The maximum atomic E-state index is 11.8. The molecule has 7 nitrogen and oxygen atoms in total. The van der Waals surface area contributed by atoms with E-state index in [1.54, 1.807) is 24.3 Å². The summed E-state index contributed by atoms with van der Waals surface area (Å²) in [6, 6.07) is 8.58. The summed E-state index contributed by atoms with van der Waals surface area (Å²) in [5, 5.41) is 2.71. The highest BCUT2D eigenvalue weighted by Gasteiger charge is 2.04. The number of rotatable bonds is 9. The Morgan fingerprint density at radius 2 is 1.84 bits per heavy atom. The van der Waals surface area contributed by atoms with Crippen LogP contribution in [0.25, 0.3) is 0 Å². The topological polar surface area (TPSA) is 82.4 Å². The van der Waals surface area contributed by atoms with Crippen molar-refractivity contribution >= 4 is 5.91 Å². The van der Waals surface area contributed by atoms with Crippen LogP contribution in [-0.4, -0.2) is 35.2 Å². The van der Waals surface area contributed by atoms with Gasteiger partial charge in [0, 0.05) is 24.8 Å². The first kappa shape index (κ1) is 18.5. The van der Waals surface area contributed by atoms with E-state index >= 15 is 0 Å². The van der Waals surface area contributed by atoms with Gasteiger partial charge in [0.2, 0.25) is 0 Å². The molecule has 0 spiro atoms. The Bertz CT molecular complexity index is 741. The van der Waals surface area contributed by atoms with E-state index in [2.05, 4.69) is 10.3 Å². The Morgan fingerprint density at radius 3 is 2.44 bits per heavy atom. The molecule has 2 aromatic rings. The van der Waals surface area contributed by atoms with Gasteiger partial charge in [-0.2, -0.15) is 0 Å². The summed E-state index contributed by atoms with van der Waals surface area (Å²) in [4.78, 5) is 27.8. The average Bonchev–Trinajstić information content (AvgIpc) is 2.62. The van der Waals surface area contributed by atoms with Crippen LogP contribution in [0.3, 0.4) is 0 Å². The second-order valence-electron chi connectivity index (χ2n) is 5.31. The summed E-state index contributed by atoms with van der Waals surface area (Å²) in [5.41, 5.74) is 0.640. The number of nitrogens with one attached hydrogen (secondary N) is 1. The second kappa shape index (κ2) is 9.46. The number of aromatic nitrogens is 2. The Hall–Kier alpha value is -2.83. The van der Waals surface area contributed by atoms with E-state index < -0.39 is 0 Å². The largest absolute Gasteiger partial charge is 0.494 e. The first-order chi connectivity index (χ1) is 12.1. The third kappa shape index (κ3) is 5.95. The zero-order valence-corrected chi connectivity index (χ0v) is 14.5. The maximum Gasteiger partial charge on any atom is 0.258 e. The highest BCUT2D eigenvalue weighted by molar-refractivity contribution is 5.77. The summed E-state index contributed by atoms with van der Waals surface area (Å²) >= 11 is 0. The molecule has 25 heavy (non-hydrogen) atoms. The lowest BCUT2D eigenvalue weighted by Crippen LogP contribution is -2.33. The minimum atomic E-state index is -0.250. The summed E-state index contributed by atoms with van der Waals surface area (Å²) in [7, 11) is 0. The summed E-state index contributed by atoms with van der Waals surface area (Å²) in [6.07, 6.45) is 2.22. The molecule has 0 unspecified atom stereocenters. The molecule has 0 atom stereocenters. The van der Waals surface area contributed by atoms with E-state index in [0.717, 1.165) is 17.9 Å². The Morgan fingerprint density at radius 1 is 1.16 bits per heavy atom. The summed E-state index contributed by atoms with van der Waals surface area (Å²) in [6.45, 7) is 5.06. The van der Waals surface area contributed by atoms with Gasteiger partial charge >= 0.3 is 0 Å². The molecule has 0 aliphatic rings. The van der Waals surface area contributed by atoms with Crippen molar-refractivity contribution in [2.75, 3.05) is 19.8 Å². The molecule has 7 heteroatoms. The molecule has 1 aromatic heterocycles. The van der Waals surface area contributed by atoms with Crippen LogP contribution in [0, 0.1) is 0 Å². The molecule has 0 saturated carbocycles. The molecular weight excluding hydrogens is 322 g/mol. The van der Waals surface area contributed by atoms with Gasteiger partial charge in [-0.25, -0.2) is 4.98 Å². The van der Waals surface area contributed by atoms with E-state index in [-0.39, 0.29) is 18.1 Å². The monoisotopic (exact) mass is 345 g/mol. The van der Waals surface area contributed by atoms with E-state index in [1.807, 2.05) is 13.8 Å². The number of hydrogen-bond acceptors (Lipinski definition) is 5. The highest BCUT2D eigenvalue weighted by atomic mass is 16.5. The van der Waals surface area contributed by atoms with E-state index in [0.29, 0.717) is 25.4 Å². The van der Waals surface area contributed by atoms with E-state index in [9.17, 15) is 9.59 Å². The van der Waals surface area contributed by atoms with Gasteiger partial charge < -0.3 is 14.8 Å². The van der Waals surface area contributed by atoms with Crippen molar-refractivity contribution in [3.63, 3.8) is 0 Å². The molecule has 1 aromatic carbocycles. The van der Waals surface area contributed by atoms with Crippen molar-refractivity contribution in [3.05, 3.63) is 52.7 Å². The number of aryl methyl sites for hydroxylation is 1. The van der Waals surface area contributed by atoms with Crippen LogP contribution < -0.4 is 20.3 Å². The quantitative estimate of drug-likeness (QED) is 0.743. The number of nitrogens with zero attached hydrogens (tertiary/aromatic N) is 2. The summed E-state index contributed by atoms with van der Waals surface area (Å²) in [5.74, 6) is 1.10. The number of carbonyl (C=O) groups is 1. The molecule has 0 saturated heterocycles. The zero-order valence-electron chi connectivity index (χ0n) is 14.5. The fraction of sp³-hybridized carbons (Fsp3) is 0.389. The zero-order chi connectivity index (χ0) is 18.1. The Balaban J connectivity index is 1.72. The van der Waals surface area contributed by atoms with Crippen molar-refractivity contribution in [1.82, 2.24) is 14.9 Å². The average molecular weight is 345 g/mol. The predicted molar refractivity (Wildman–Crippen MR) is 94.0 cm³/mol. The fourth-order valence-corrected chi connectivity index (χ4v) is 2.14. The first-order valence-corrected chi connectivity index (χ1v) is 8.30. The summed E-state index contributed by atoms with van der Waals surface area (Å²) < 4.78 is 12.2. The van der Waals surface area contributed by atoms with Crippen molar-refractivity contribution in [1.29, 1.82) is 0 Å². The van der Waals surface area contributed by atoms with Gasteiger partial charge in [-0.05, 0) is 37.6 Å². The normalized spacial score (nSPS) is 10.3. The molecule has 1 amide bonds. The molecule has 1 N–H and O–H groups in total. The molecule has 0 fully saturated rings. The van der Waals surface area contributed by atoms with Gasteiger partial charge in [0.25, 0.3) is 11.5 Å². The standard InChI is InChI=1S/C18H23N3O4/c1-3-14-11-18(23)21(13-20-14)10-9-19-17(22)12-25-16-7-5-15(6-8-16)24-4-2/h5-8,11,13H,3-4,9-10,12H2,1-2H3,(H,19,22). The van der Waals surface area contributed by atoms with Crippen LogP contribution in [0.1, 0.15) is 19.5 Å². The lowest BCUT2D eigenvalue weighted by Gasteiger charge is -2.09. The van der Waals surface area contributed by atoms with Gasteiger partial charge in [-0.3, -0.25) is 14.2 Å². The highest BCUT2D eigenvalue weighted by Crippen LogP contribution is 2.17. The minimum absolute atomic E-state index is 0.0874. The fourth-order valence-electron chi connectivity index (χ4n) is 2.14. The SMILES string of the molecule is CCOc1ccc(OCC(=O)NCCn2cnc(CC)cc2=O)cc1. The van der Waals surface area contributed by atoms with E-state index in [4.69, 9.17) is 9.47 Å². The lowest BCUT2D eigenvalue weighted by molar-refractivity contribution is -0.123. The first-order valence-electron chi connectivity index (χ1n) is 8.30. The van der Waals surface area contributed by atoms with Gasteiger partial charge in [-0.15, -0.1) is 0 Å². The molecule has 0 aliphatic heterocycles. The van der Waals surface area contributed by atoms with Gasteiger partial charge in [0.1, 0.15) is 11.5 Å². The number of carbonyl (C=O) groups excluding carboxylic acids is 1. The molecule has 1 heterocycles. The van der Waals surface area contributed by atoms with Crippen molar-refractivity contribution in [3.8, 4) is 11.5 Å². The van der Waals surface area contributed by atoms with Gasteiger partial charge in [0.05, 0.1) is 12.9 Å². The van der Waals surface area contributed by atoms with Crippen molar-refractivity contribution in [2.45, 2.75) is 26.8 Å².